The maximum Gasteiger partial charge on any atom is 0.297 e. The van der Waals surface area contributed by atoms with Gasteiger partial charge >= 0.3 is 0 Å². The average Bonchev–Trinajstić information content (AvgIpc) is 4.04. The van der Waals surface area contributed by atoms with Crippen LogP contribution in [0.15, 0.2) is 138 Å². The number of rotatable bonds is 2. The van der Waals surface area contributed by atoms with E-state index in [1.165, 1.54) is 101 Å². The molecule has 6 heterocycles. The third-order valence-electron chi connectivity index (χ3n) is 17.6. The van der Waals surface area contributed by atoms with Crippen LogP contribution in [-0.4, -0.2) is 13.4 Å². The summed E-state index contributed by atoms with van der Waals surface area (Å²) in [6.45, 7) is 41.8. The first kappa shape index (κ1) is 49.7. The summed E-state index contributed by atoms with van der Waals surface area (Å²) in [7, 11) is 0. The number of hydrogen-bond acceptors (Lipinski definition) is 5. The molecular weight excluding hydrogens is 934 g/mol. The first-order chi connectivity index (χ1) is 36.0. The van der Waals surface area contributed by atoms with E-state index in [1.807, 2.05) is 0 Å². The summed E-state index contributed by atoms with van der Waals surface area (Å²) in [5, 5.41) is 0. The van der Waals surface area contributed by atoms with E-state index in [1.54, 1.807) is 0 Å². The maximum absolute atomic E-state index is 8.09. The number of fused-ring (bicyclic) bond motifs is 11. The minimum atomic E-state index is -0.173. The Kier molecular flexibility index (Phi) is 10.3. The van der Waals surface area contributed by atoms with Gasteiger partial charge in [-0.1, -0.05) is 185 Å². The number of para-hydroxylation sites is 2. The molecule has 7 aromatic carbocycles. The molecule has 0 amide bonds. The molecule has 7 heteroatoms. The summed E-state index contributed by atoms with van der Waals surface area (Å²) in [4.78, 5) is 10.3. The Labute approximate surface area is 460 Å². The summed E-state index contributed by atoms with van der Waals surface area (Å²) >= 11 is 0. The van der Waals surface area contributed by atoms with Crippen molar-refractivity contribution >= 4 is 115 Å². The molecule has 0 fully saturated rings. The molecule has 0 atom stereocenters. The molecule has 5 aliphatic heterocycles. The quantitative estimate of drug-likeness (QED) is 0.161. The monoisotopic (exact) mass is 1010 g/mol. The number of furan rings is 1. The van der Waals surface area contributed by atoms with Crippen molar-refractivity contribution in [2.75, 3.05) is 19.6 Å². The SMILES string of the molecule is CC(C)(C)c1cc(N2c3ccc(C(C)(C)C)cc3B3c4oc5c6c4N(c4ccccc4N6c4cccc6c4B5c4ccc(C(C)(C)C)cc4N6c4cc(C(C)(C)C)cc(C(C)(C)C)c4)c4cccc2c43)cc(C(C)(C)C)c1. The Hall–Kier alpha value is -6.85. The molecular formula is C70H76B2N4O. The average molecular weight is 1010 g/mol. The molecule has 8 aromatic rings. The minimum absolute atomic E-state index is 0.0543. The van der Waals surface area contributed by atoms with Gasteiger partial charge in [0.15, 0.2) is 0 Å². The van der Waals surface area contributed by atoms with Gasteiger partial charge in [-0.2, -0.15) is 0 Å². The first-order valence-electron chi connectivity index (χ1n) is 28.3. The molecule has 5 aliphatic rings. The van der Waals surface area contributed by atoms with E-state index < -0.39 is 0 Å². The summed E-state index contributed by atoms with van der Waals surface area (Å²) in [5.41, 5.74) is 28.9. The van der Waals surface area contributed by atoms with Gasteiger partial charge in [-0.25, -0.2) is 0 Å². The van der Waals surface area contributed by atoms with Crippen molar-refractivity contribution < 1.29 is 4.42 Å². The van der Waals surface area contributed by atoms with Crippen LogP contribution in [0.25, 0.3) is 0 Å². The van der Waals surface area contributed by atoms with E-state index in [0.29, 0.717) is 0 Å². The lowest BCUT2D eigenvalue weighted by Crippen LogP contribution is -2.61. The van der Waals surface area contributed by atoms with Gasteiger partial charge in [0, 0.05) is 45.5 Å². The van der Waals surface area contributed by atoms with Gasteiger partial charge in [0.05, 0.1) is 22.7 Å². The Morgan fingerprint density at radius 1 is 0.286 bits per heavy atom. The third kappa shape index (κ3) is 7.34. The van der Waals surface area contributed by atoms with E-state index in [4.69, 9.17) is 4.42 Å². The van der Waals surface area contributed by atoms with Crippen LogP contribution in [0.3, 0.4) is 0 Å². The highest BCUT2D eigenvalue weighted by molar-refractivity contribution is 7.02. The number of benzene rings is 7. The van der Waals surface area contributed by atoms with Crippen LogP contribution >= 0.6 is 0 Å². The second kappa shape index (κ2) is 15.9. The predicted octanol–water partition coefficient (Wildman–Crippen LogP) is 15.5. The fourth-order valence-electron chi connectivity index (χ4n) is 13.1. The van der Waals surface area contributed by atoms with Gasteiger partial charge in [-0.05, 0) is 161 Å². The van der Waals surface area contributed by atoms with E-state index in [9.17, 15) is 0 Å². The van der Waals surface area contributed by atoms with Crippen molar-refractivity contribution in [2.24, 2.45) is 0 Å². The van der Waals surface area contributed by atoms with Gasteiger partial charge in [0.1, 0.15) is 11.4 Å². The molecule has 0 N–H and O–H groups in total. The molecule has 0 aliphatic carbocycles. The molecule has 0 unspecified atom stereocenters. The summed E-state index contributed by atoms with van der Waals surface area (Å²) in [5.74, 6) is 0. The highest BCUT2D eigenvalue weighted by Crippen LogP contribution is 2.58. The van der Waals surface area contributed by atoms with Crippen molar-refractivity contribution in [1.82, 2.24) is 0 Å². The molecule has 0 spiro atoms. The molecule has 13 rings (SSSR count). The zero-order valence-corrected chi connectivity index (χ0v) is 49.1. The van der Waals surface area contributed by atoms with Crippen LogP contribution in [-0.2, 0) is 32.5 Å². The molecule has 77 heavy (non-hydrogen) atoms. The van der Waals surface area contributed by atoms with E-state index in [2.05, 4.69) is 278 Å². The first-order valence-corrected chi connectivity index (χ1v) is 28.3. The standard InChI is InChI=1S/C70H76B2N4O/c1-65(2,3)41-30-32-51-50(39-41)72-60-54(73(51)47-35-43(67(7,8)9)33-44(36-47)68(10,11)12)25-21-28-57(60)76-53-24-20-19-23-52(53)75-56-27-22-26-55-59(56)71(63-61(75)62(76)64(72)77-63)49-31-29-42(66(4,5)6)40-58(49)74(55)48-37-45(69(13,14)15)34-46(38-48)70(16,17)18/h19-40H,1-18H3. The summed E-state index contributed by atoms with van der Waals surface area (Å²) in [6.07, 6.45) is 0. The zero-order chi connectivity index (χ0) is 54.6. The van der Waals surface area contributed by atoms with E-state index in [0.717, 1.165) is 34.1 Å². The van der Waals surface area contributed by atoms with Gasteiger partial charge in [0.2, 0.25) is 0 Å². The van der Waals surface area contributed by atoms with Crippen molar-refractivity contribution in [2.45, 2.75) is 157 Å². The molecule has 0 bridgehead atoms. The van der Waals surface area contributed by atoms with Gasteiger partial charge in [-0.3, -0.25) is 0 Å². The highest BCUT2D eigenvalue weighted by atomic mass is 16.3. The second-order valence-electron chi connectivity index (χ2n) is 29.2. The van der Waals surface area contributed by atoms with Gasteiger partial charge in [0.25, 0.3) is 13.4 Å². The normalized spacial score (nSPS) is 15.2. The highest BCUT2D eigenvalue weighted by Gasteiger charge is 2.55. The molecule has 388 valence electrons. The third-order valence-corrected chi connectivity index (χ3v) is 17.6. The molecule has 0 radical (unpaired) electrons. The summed E-state index contributed by atoms with van der Waals surface area (Å²) < 4.78 is 8.09. The predicted molar refractivity (Wildman–Crippen MR) is 333 cm³/mol. The Morgan fingerprint density at radius 2 is 0.636 bits per heavy atom. The lowest BCUT2D eigenvalue weighted by atomic mass is 9.35. The topological polar surface area (TPSA) is 26.1 Å². The molecule has 0 saturated carbocycles. The van der Waals surface area contributed by atoms with Crippen LogP contribution in [0.1, 0.15) is 158 Å². The summed E-state index contributed by atoms with van der Waals surface area (Å²) in [6, 6.07) is 52.5. The van der Waals surface area contributed by atoms with Crippen LogP contribution < -0.4 is 52.8 Å². The molecule has 0 saturated heterocycles. The maximum atomic E-state index is 8.09. The zero-order valence-electron chi connectivity index (χ0n) is 49.1. The largest absolute Gasteiger partial charge is 0.480 e. The second-order valence-corrected chi connectivity index (χ2v) is 29.2. The van der Waals surface area contributed by atoms with E-state index >= 15 is 0 Å². The van der Waals surface area contributed by atoms with Gasteiger partial charge in [-0.15, -0.1) is 0 Å². The van der Waals surface area contributed by atoms with Crippen LogP contribution in [0.5, 0.6) is 0 Å². The molecule has 5 nitrogen and oxygen atoms in total. The van der Waals surface area contributed by atoms with E-state index in [-0.39, 0.29) is 45.9 Å². The Morgan fingerprint density at radius 3 is 1.05 bits per heavy atom. The fourth-order valence-corrected chi connectivity index (χ4v) is 13.1. The van der Waals surface area contributed by atoms with Crippen LogP contribution in [0.4, 0.5) is 68.2 Å². The van der Waals surface area contributed by atoms with Crippen LogP contribution in [0, 0.1) is 0 Å². The van der Waals surface area contributed by atoms with Crippen LogP contribution in [0.2, 0.25) is 0 Å². The van der Waals surface area contributed by atoms with Crippen molar-refractivity contribution in [3.63, 3.8) is 0 Å². The molecule has 1 aromatic heterocycles. The smallest absolute Gasteiger partial charge is 0.297 e. The van der Waals surface area contributed by atoms with Crippen molar-refractivity contribution in [3.05, 3.63) is 167 Å². The lowest BCUT2D eigenvalue weighted by molar-refractivity contribution is 0.568. The van der Waals surface area contributed by atoms with Crippen molar-refractivity contribution in [1.29, 1.82) is 0 Å². The minimum Gasteiger partial charge on any atom is -0.480 e. The van der Waals surface area contributed by atoms with Gasteiger partial charge < -0.3 is 24.0 Å². The fraction of sp³-hybridized carbons (Fsp3) is 0.343. The Balaban J connectivity index is 1.12. The van der Waals surface area contributed by atoms with Crippen molar-refractivity contribution in [3.8, 4) is 0 Å². The number of hydrogen-bond donors (Lipinski definition) is 0. The number of anilines is 12. The number of nitrogens with zero attached hydrogens (tertiary/aromatic N) is 4. The Bertz CT molecular complexity index is 3750. The lowest BCUT2D eigenvalue weighted by Gasteiger charge is -2.48.